The van der Waals surface area contributed by atoms with Crippen LogP contribution in [0.5, 0.6) is 11.6 Å². The number of aromatic nitrogens is 3. The molecule has 0 spiro atoms. The van der Waals surface area contributed by atoms with E-state index >= 15 is 0 Å². The number of nitrogens with zero attached hydrogens (tertiary/aromatic N) is 4. The fraction of sp³-hybridized carbons (Fsp3) is 0. The number of rotatable bonds is 3. The standard InChI is InChI=1S/C16H12N6O/c17-9-12-14(21-16(19)22-15(12)18)10-4-3-5-11(8-10)23-13-6-1-2-7-20-13/h1-8H,(H4,18,19,21,22). The lowest BCUT2D eigenvalue weighted by molar-refractivity contribution is 0.463. The third-order valence-corrected chi connectivity index (χ3v) is 3.03. The molecule has 0 aliphatic carbocycles. The number of nitrogen functional groups attached to an aromatic ring is 2. The van der Waals surface area contributed by atoms with E-state index in [0.29, 0.717) is 22.9 Å². The number of nitrogens with two attached hydrogens (primary N) is 2. The number of hydrogen-bond donors (Lipinski definition) is 2. The monoisotopic (exact) mass is 304 g/mol. The van der Waals surface area contributed by atoms with Crippen molar-refractivity contribution in [1.82, 2.24) is 15.0 Å². The van der Waals surface area contributed by atoms with Crippen LogP contribution in [0.25, 0.3) is 11.3 Å². The first-order valence-electron chi connectivity index (χ1n) is 6.70. The van der Waals surface area contributed by atoms with E-state index in [1.807, 2.05) is 12.1 Å². The van der Waals surface area contributed by atoms with Crippen molar-refractivity contribution in [2.45, 2.75) is 0 Å². The highest BCUT2D eigenvalue weighted by atomic mass is 16.5. The molecule has 0 amide bonds. The van der Waals surface area contributed by atoms with Crippen molar-refractivity contribution in [2.24, 2.45) is 0 Å². The minimum Gasteiger partial charge on any atom is -0.439 e. The molecule has 1 aromatic carbocycles. The molecule has 3 aromatic rings. The summed E-state index contributed by atoms with van der Waals surface area (Å²) in [6, 6.07) is 14.4. The summed E-state index contributed by atoms with van der Waals surface area (Å²) in [5.74, 6) is 1.08. The van der Waals surface area contributed by atoms with Crippen molar-refractivity contribution in [1.29, 1.82) is 5.26 Å². The highest BCUT2D eigenvalue weighted by molar-refractivity contribution is 5.73. The highest BCUT2D eigenvalue weighted by Crippen LogP contribution is 2.29. The molecular formula is C16H12N6O. The molecule has 0 aliphatic rings. The first-order chi connectivity index (χ1) is 11.2. The topological polar surface area (TPSA) is 124 Å². The van der Waals surface area contributed by atoms with Gasteiger partial charge in [0.15, 0.2) is 0 Å². The predicted molar refractivity (Wildman–Crippen MR) is 85.3 cm³/mol. The Labute approximate surface area is 132 Å². The van der Waals surface area contributed by atoms with Crippen LogP contribution in [0.4, 0.5) is 11.8 Å². The average Bonchev–Trinajstić information content (AvgIpc) is 2.55. The fourth-order valence-corrected chi connectivity index (χ4v) is 2.05. The second-order valence-corrected chi connectivity index (χ2v) is 4.60. The van der Waals surface area contributed by atoms with Crippen LogP contribution in [-0.4, -0.2) is 15.0 Å². The smallest absolute Gasteiger partial charge is 0.222 e. The Bertz CT molecular complexity index is 889. The van der Waals surface area contributed by atoms with E-state index in [2.05, 4.69) is 15.0 Å². The number of pyridine rings is 1. The lowest BCUT2D eigenvalue weighted by Crippen LogP contribution is -2.05. The van der Waals surface area contributed by atoms with Crippen LogP contribution in [0, 0.1) is 11.3 Å². The number of nitriles is 1. The van der Waals surface area contributed by atoms with Crippen LogP contribution in [0.15, 0.2) is 48.7 Å². The van der Waals surface area contributed by atoms with E-state index in [1.165, 1.54) is 0 Å². The zero-order valence-corrected chi connectivity index (χ0v) is 12.0. The van der Waals surface area contributed by atoms with E-state index in [4.69, 9.17) is 16.2 Å². The minimum absolute atomic E-state index is 0.00699. The van der Waals surface area contributed by atoms with Gasteiger partial charge in [0.1, 0.15) is 23.2 Å². The highest BCUT2D eigenvalue weighted by Gasteiger charge is 2.13. The van der Waals surface area contributed by atoms with Gasteiger partial charge in [-0.15, -0.1) is 0 Å². The quantitative estimate of drug-likeness (QED) is 0.761. The van der Waals surface area contributed by atoms with Crippen molar-refractivity contribution in [3.8, 4) is 29.0 Å². The zero-order valence-electron chi connectivity index (χ0n) is 12.0. The molecule has 7 nitrogen and oxygen atoms in total. The van der Waals surface area contributed by atoms with Crippen molar-refractivity contribution >= 4 is 11.8 Å². The number of ether oxygens (including phenoxy) is 1. The van der Waals surface area contributed by atoms with Gasteiger partial charge in [-0.05, 0) is 18.2 Å². The van der Waals surface area contributed by atoms with Gasteiger partial charge in [-0.25, -0.2) is 9.97 Å². The second-order valence-electron chi connectivity index (χ2n) is 4.60. The van der Waals surface area contributed by atoms with Crippen LogP contribution in [-0.2, 0) is 0 Å². The van der Waals surface area contributed by atoms with Crippen molar-refractivity contribution in [3.63, 3.8) is 0 Å². The molecule has 0 fully saturated rings. The summed E-state index contributed by atoms with van der Waals surface area (Å²) in [5, 5.41) is 9.26. The van der Waals surface area contributed by atoms with E-state index in [-0.39, 0.29) is 17.3 Å². The van der Waals surface area contributed by atoms with Gasteiger partial charge in [0.25, 0.3) is 0 Å². The fourth-order valence-electron chi connectivity index (χ4n) is 2.05. The first kappa shape index (κ1) is 14.3. The Morgan fingerprint density at radius 1 is 1.04 bits per heavy atom. The van der Waals surface area contributed by atoms with Gasteiger partial charge in [0, 0.05) is 17.8 Å². The Morgan fingerprint density at radius 3 is 2.65 bits per heavy atom. The van der Waals surface area contributed by atoms with Gasteiger partial charge in [-0.2, -0.15) is 10.2 Å². The summed E-state index contributed by atoms with van der Waals surface area (Å²) < 4.78 is 5.67. The van der Waals surface area contributed by atoms with Crippen LogP contribution >= 0.6 is 0 Å². The lowest BCUT2D eigenvalue weighted by atomic mass is 10.1. The normalized spacial score (nSPS) is 10.0. The molecule has 0 radical (unpaired) electrons. The Morgan fingerprint density at radius 2 is 1.91 bits per heavy atom. The summed E-state index contributed by atoms with van der Waals surface area (Å²) in [6.07, 6.45) is 1.64. The molecule has 0 saturated carbocycles. The maximum Gasteiger partial charge on any atom is 0.222 e. The molecule has 23 heavy (non-hydrogen) atoms. The van der Waals surface area contributed by atoms with Crippen molar-refractivity contribution in [2.75, 3.05) is 11.5 Å². The van der Waals surface area contributed by atoms with Crippen LogP contribution < -0.4 is 16.2 Å². The molecule has 7 heteroatoms. The third-order valence-electron chi connectivity index (χ3n) is 3.03. The van der Waals surface area contributed by atoms with Crippen LogP contribution in [0.2, 0.25) is 0 Å². The van der Waals surface area contributed by atoms with Gasteiger partial charge >= 0.3 is 0 Å². The van der Waals surface area contributed by atoms with E-state index < -0.39 is 0 Å². The molecule has 0 aliphatic heterocycles. The summed E-state index contributed by atoms with van der Waals surface area (Å²) in [4.78, 5) is 12.0. The molecule has 0 atom stereocenters. The molecule has 3 rings (SSSR count). The van der Waals surface area contributed by atoms with E-state index in [1.54, 1.807) is 42.6 Å². The minimum atomic E-state index is 0.00699. The largest absolute Gasteiger partial charge is 0.439 e. The SMILES string of the molecule is N#Cc1c(N)nc(N)nc1-c1cccc(Oc2ccccn2)c1. The van der Waals surface area contributed by atoms with Gasteiger partial charge in [0.05, 0.1) is 5.69 Å². The summed E-state index contributed by atoms with van der Waals surface area (Å²) in [7, 11) is 0. The van der Waals surface area contributed by atoms with E-state index in [0.717, 1.165) is 0 Å². The molecule has 0 bridgehead atoms. The lowest BCUT2D eigenvalue weighted by Gasteiger charge is -2.09. The Hall–Kier alpha value is -3.66. The van der Waals surface area contributed by atoms with E-state index in [9.17, 15) is 5.26 Å². The van der Waals surface area contributed by atoms with Gasteiger partial charge in [-0.1, -0.05) is 18.2 Å². The molecular weight excluding hydrogens is 292 g/mol. The number of benzene rings is 1. The maximum absolute atomic E-state index is 9.26. The third kappa shape index (κ3) is 3.01. The summed E-state index contributed by atoms with van der Waals surface area (Å²) >= 11 is 0. The summed E-state index contributed by atoms with van der Waals surface area (Å²) in [5.41, 5.74) is 12.6. The van der Waals surface area contributed by atoms with Crippen molar-refractivity contribution in [3.05, 3.63) is 54.2 Å². The Balaban J connectivity index is 2.02. The molecule has 2 heterocycles. The molecule has 4 N–H and O–H groups in total. The number of hydrogen-bond acceptors (Lipinski definition) is 7. The molecule has 0 unspecified atom stereocenters. The zero-order chi connectivity index (χ0) is 16.2. The van der Waals surface area contributed by atoms with Gasteiger partial charge in [0.2, 0.25) is 11.8 Å². The molecule has 2 aromatic heterocycles. The number of anilines is 2. The Kier molecular flexibility index (Phi) is 3.72. The molecule has 0 saturated heterocycles. The van der Waals surface area contributed by atoms with Gasteiger partial charge in [-0.3, -0.25) is 0 Å². The van der Waals surface area contributed by atoms with Crippen molar-refractivity contribution < 1.29 is 4.74 Å². The average molecular weight is 304 g/mol. The first-order valence-corrected chi connectivity index (χ1v) is 6.70. The van der Waals surface area contributed by atoms with Crippen LogP contribution in [0.3, 0.4) is 0 Å². The summed E-state index contributed by atoms with van der Waals surface area (Å²) in [6.45, 7) is 0. The second kappa shape index (κ2) is 5.99. The maximum atomic E-state index is 9.26. The molecule has 112 valence electrons. The van der Waals surface area contributed by atoms with Gasteiger partial charge < -0.3 is 16.2 Å². The predicted octanol–water partition coefficient (Wildman–Crippen LogP) is 2.37. The van der Waals surface area contributed by atoms with Crippen LogP contribution in [0.1, 0.15) is 5.56 Å².